The minimum Gasteiger partial charge on any atom is -0.308 e. The van der Waals surface area contributed by atoms with Gasteiger partial charge in [-0.15, -0.1) is 0 Å². The summed E-state index contributed by atoms with van der Waals surface area (Å²) in [5, 5.41) is 0. The smallest absolute Gasteiger partial charge is 0.0113 e. The van der Waals surface area contributed by atoms with E-state index in [9.17, 15) is 0 Å². The Bertz CT molecular complexity index is 149. The van der Waals surface area contributed by atoms with Gasteiger partial charge in [0.15, 0.2) is 0 Å². The lowest BCUT2D eigenvalue weighted by Crippen LogP contribution is -2.43. The first-order valence-electron chi connectivity index (χ1n) is 5.63. The minimum absolute atomic E-state index is 0.811. The molecule has 0 aromatic heterocycles. The summed E-state index contributed by atoms with van der Waals surface area (Å²) < 4.78 is 0. The largest absolute Gasteiger partial charge is 0.308 e. The summed E-state index contributed by atoms with van der Waals surface area (Å²) in [7, 11) is 8.68. The van der Waals surface area contributed by atoms with E-state index in [-0.39, 0.29) is 0 Å². The van der Waals surface area contributed by atoms with E-state index in [1.54, 1.807) is 0 Å². The Kier molecular flexibility index (Phi) is 4.85. The van der Waals surface area contributed by atoms with Crippen LogP contribution >= 0.6 is 0 Å². The van der Waals surface area contributed by atoms with E-state index in [2.05, 4.69) is 42.9 Å². The van der Waals surface area contributed by atoms with Crippen LogP contribution in [0.15, 0.2) is 0 Å². The summed E-state index contributed by atoms with van der Waals surface area (Å²) in [6.45, 7) is 4.97. The Labute approximate surface area is 88.7 Å². The van der Waals surface area contributed by atoms with Crippen molar-refractivity contribution in [2.24, 2.45) is 0 Å². The number of piperidine rings is 1. The van der Waals surface area contributed by atoms with Crippen LogP contribution < -0.4 is 0 Å². The van der Waals surface area contributed by atoms with Crippen molar-refractivity contribution in [3.05, 3.63) is 0 Å². The van der Waals surface area contributed by atoms with E-state index in [4.69, 9.17) is 0 Å². The molecule has 3 heteroatoms. The van der Waals surface area contributed by atoms with Gasteiger partial charge in [-0.05, 0) is 54.1 Å². The quantitative estimate of drug-likeness (QED) is 0.655. The zero-order valence-electron chi connectivity index (χ0n) is 10.2. The van der Waals surface area contributed by atoms with Crippen LogP contribution in [0.1, 0.15) is 12.8 Å². The summed E-state index contributed by atoms with van der Waals surface area (Å²) in [6, 6.07) is 0.811. The minimum atomic E-state index is 0.811. The Morgan fingerprint density at radius 2 is 1.64 bits per heavy atom. The molecule has 0 aliphatic carbocycles. The predicted molar refractivity (Wildman–Crippen MR) is 61.7 cm³/mol. The first kappa shape index (κ1) is 12.0. The first-order valence-corrected chi connectivity index (χ1v) is 5.63. The van der Waals surface area contributed by atoms with Crippen LogP contribution in [-0.4, -0.2) is 75.1 Å². The lowest BCUT2D eigenvalue weighted by molar-refractivity contribution is 0.137. The molecule has 0 unspecified atom stereocenters. The molecule has 1 heterocycles. The highest BCUT2D eigenvalue weighted by molar-refractivity contribution is 4.76. The Balaban J connectivity index is 2.16. The Morgan fingerprint density at radius 1 is 1.07 bits per heavy atom. The van der Waals surface area contributed by atoms with E-state index in [0.29, 0.717) is 0 Å². The van der Waals surface area contributed by atoms with Gasteiger partial charge in [-0.1, -0.05) is 0 Å². The molecule has 0 spiro atoms. The van der Waals surface area contributed by atoms with Gasteiger partial charge < -0.3 is 14.7 Å². The molecule has 14 heavy (non-hydrogen) atoms. The molecule has 0 atom stereocenters. The molecule has 0 aromatic carbocycles. The van der Waals surface area contributed by atoms with Gasteiger partial charge in [0.05, 0.1) is 0 Å². The van der Waals surface area contributed by atoms with Crippen LogP contribution in [0.4, 0.5) is 0 Å². The average molecular weight is 199 g/mol. The van der Waals surface area contributed by atoms with Crippen molar-refractivity contribution < 1.29 is 0 Å². The van der Waals surface area contributed by atoms with Crippen LogP contribution in [0.3, 0.4) is 0 Å². The third-order valence-corrected chi connectivity index (χ3v) is 3.15. The van der Waals surface area contributed by atoms with Crippen LogP contribution in [0.25, 0.3) is 0 Å². The second kappa shape index (κ2) is 5.69. The molecule has 0 aromatic rings. The van der Waals surface area contributed by atoms with Crippen molar-refractivity contribution in [1.29, 1.82) is 0 Å². The molecule has 1 aliphatic heterocycles. The van der Waals surface area contributed by atoms with Crippen molar-refractivity contribution in [2.75, 3.05) is 54.4 Å². The molecule has 1 rings (SSSR count). The second-order valence-corrected chi connectivity index (χ2v) is 4.84. The normalized spacial score (nSPS) is 21.0. The molecule has 0 bridgehead atoms. The lowest BCUT2D eigenvalue weighted by Gasteiger charge is -2.35. The number of nitrogens with zero attached hydrogens (tertiary/aromatic N) is 3. The summed E-state index contributed by atoms with van der Waals surface area (Å²) in [4.78, 5) is 7.21. The number of hydrogen-bond donors (Lipinski definition) is 0. The molecule has 0 radical (unpaired) electrons. The number of likely N-dealkylation sites (tertiary alicyclic amines) is 1. The molecule has 1 saturated heterocycles. The van der Waals surface area contributed by atoms with Gasteiger partial charge >= 0.3 is 0 Å². The third-order valence-electron chi connectivity index (χ3n) is 3.15. The van der Waals surface area contributed by atoms with Gasteiger partial charge in [0.1, 0.15) is 0 Å². The maximum atomic E-state index is 2.58. The van der Waals surface area contributed by atoms with E-state index < -0.39 is 0 Å². The van der Waals surface area contributed by atoms with Crippen LogP contribution in [0.2, 0.25) is 0 Å². The van der Waals surface area contributed by atoms with Crippen molar-refractivity contribution in [2.45, 2.75) is 18.9 Å². The molecule has 0 N–H and O–H groups in total. The fraction of sp³-hybridized carbons (Fsp3) is 1.00. The number of hydrogen-bond acceptors (Lipinski definition) is 3. The van der Waals surface area contributed by atoms with Crippen LogP contribution in [0.5, 0.6) is 0 Å². The highest BCUT2D eigenvalue weighted by atomic mass is 15.2. The second-order valence-electron chi connectivity index (χ2n) is 4.84. The van der Waals surface area contributed by atoms with E-state index in [1.807, 2.05) is 0 Å². The van der Waals surface area contributed by atoms with Crippen molar-refractivity contribution in [1.82, 2.24) is 14.7 Å². The Hall–Kier alpha value is -0.120. The molecule has 0 amide bonds. The monoisotopic (exact) mass is 199 g/mol. The third kappa shape index (κ3) is 3.95. The molecule has 84 valence electrons. The Morgan fingerprint density at radius 3 is 2.07 bits per heavy atom. The lowest BCUT2D eigenvalue weighted by atomic mass is 10.0. The maximum absolute atomic E-state index is 2.58. The fourth-order valence-electron chi connectivity index (χ4n) is 2.00. The van der Waals surface area contributed by atoms with E-state index in [0.717, 1.165) is 6.04 Å². The standard InChI is InChI=1S/C11H25N3/c1-12(2)9-10-14-7-5-11(6-8-14)13(3)4/h11H,5-10H2,1-4H3. The SMILES string of the molecule is CN(C)CCN1CCC(N(C)C)CC1. The molecular formula is C11H25N3. The molecule has 3 nitrogen and oxygen atoms in total. The van der Waals surface area contributed by atoms with Gasteiger partial charge in [-0.3, -0.25) is 0 Å². The van der Waals surface area contributed by atoms with Gasteiger partial charge in [-0.2, -0.15) is 0 Å². The summed E-state index contributed by atoms with van der Waals surface area (Å²) >= 11 is 0. The summed E-state index contributed by atoms with van der Waals surface area (Å²) in [5.41, 5.74) is 0. The van der Waals surface area contributed by atoms with E-state index >= 15 is 0 Å². The zero-order valence-corrected chi connectivity index (χ0v) is 10.2. The zero-order chi connectivity index (χ0) is 10.6. The van der Waals surface area contributed by atoms with Crippen molar-refractivity contribution >= 4 is 0 Å². The highest BCUT2D eigenvalue weighted by Crippen LogP contribution is 2.13. The molecule has 1 aliphatic rings. The molecule has 0 saturated carbocycles. The number of rotatable bonds is 4. The fourth-order valence-corrected chi connectivity index (χ4v) is 2.00. The van der Waals surface area contributed by atoms with Crippen molar-refractivity contribution in [3.8, 4) is 0 Å². The van der Waals surface area contributed by atoms with Crippen LogP contribution in [0, 0.1) is 0 Å². The molecular weight excluding hydrogens is 174 g/mol. The predicted octanol–water partition coefficient (Wildman–Crippen LogP) is 0.574. The summed E-state index contributed by atoms with van der Waals surface area (Å²) in [5.74, 6) is 0. The van der Waals surface area contributed by atoms with Gasteiger partial charge in [0, 0.05) is 19.1 Å². The first-order chi connectivity index (χ1) is 6.59. The van der Waals surface area contributed by atoms with Crippen LogP contribution in [-0.2, 0) is 0 Å². The molecule has 1 fully saturated rings. The van der Waals surface area contributed by atoms with E-state index in [1.165, 1.54) is 39.0 Å². The van der Waals surface area contributed by atoms with Gasteiger partial charge in [-0.25, -0.2) is 0 Å². The van der Waals surface area contributed by atoms with Gasteiger partial charge in [0.2, 0.25) is 0 Å². The summed E-state index contributed by atoms with van der Waals surface area (Å²) in [6.07, 6.45) is 2.67. The van der Waals surface area contributed by atoms with Gasteiger partial charge in [0.25, 0.3) is 0 Å². The number of likely N-dealkylation sites (N-methyl/N-ethyl adjacent to an activating group) is 1. The van der Waals surface area contributed by atoms with Crippen molar-refractivity contribution in [3.63, 3.8) is 0 Å². The maximum Gasteiger partial charge on any atom is 0.0113 e. The topological polar surface area (TPSA) is 9.72 Å². The highest BCUT2D eigenvalue weighted by Gasteiger charge is 2.19. The average Bonchev–Trinajstić information content (AvgIpc) is 2.15.